The number of hydrogen-bond acceptors (Lipinski definition) is 1. The van der Waals surface area contributed by atoms with Gasteiger partial charge >= 0.3 is 0 Å². The molecule has 4 heteroatoms. The van der Waals surface area contributed by atoms with Gasteiger partial charge in [-0.15, -0.1) is 0 Å². The number of rotatable bonds is 1. The Hall–Kier alpha value is -0.700. The summed E-state index contributed by atoms with van der Waals surface area (Å²) in [6.07, 6.45) is -1.27. The topological polar surface area (TPSA) is 12.9 Å². The molecule has 0 N–H and O–H groups in total. The lowest BCUT2D eigenvalue weighted by molar-refractivity contribution is 0.146. The minimum Gasteiger partial charge on any atom is -0.254 e. The van der Waals surface area contributed by atoms with Gasteiger partial charge in [0.1, 0.15) is 5.69 Å². The molecular formula is C9H12ClF2N. The SMILES string of the molecule is CC.Cc1ccnc(C(F)F)c1Cl. The molecule has 0 spiro atoms. The number of hydrogen-bond donors (Lipinski definition) is 0. The van der Waals surface area contributed by atoms with E-state index < -0.39 is 6.43 Å². The first-order valence-electron chi connectivity index (χ1n) is 4.02. The molecule has 0 unspecified atom stereocenters. The van der Waals surface area contributed by atoms with E-state index >= 15 is 0 Å². The van der Waals surface area contributed by atoms with Crippen molar-refractivity contribution >= 4 is 11.6 Å². The van der Waals surface area contributed by atoms with Crippen LogP contribution >= 0.6 is 11.6 Å². The Bertz CT molecular complexity index is 264. The summed E-state index contributed by atoms with van der Waals surface area (Å²) >= 11 is 5.55. The van der Waals surface area contributed by atoms with E-state index in [1.54, 1.807) is 13.0 Å². The molecule has 1 aromatic heterocycles. The Morgan fingerprint density at radius 2 is 1.92 bits per heavy atom. The molecule has 0 amide bonds. The van der Waals surface area contributed by atoms with Crippen LogP contribution in [0.1, 0.15) is 31.5 Å². The first-order chi connectivity index (χ1) is 6.13. The van der Waals surface area contributed by atoms with E-state index in [9.17, 15) is 8.78 Å². The Morgan fingerprint density at radius 3 is 2.31 bits per heavy atom. The van der Waals surface area contributed by atoms with Gasteiger partial charge < -0.3 is 0 Å². The van der Waals surface area contributed by atoms with Crippen molar-refractivity contribution in [2.24, 2.45) is 0 Å². The third-order valence-corrected chi connectivity index (χ3v) is 1.81. The maximum Gasteiger partial charge on any atom is 0.281 e. The predicted molar refractivity (Wildman–Crippen MR) is 50.3 cm³/mol. The lowest BCUT2D eigenvalue weighted by Crippen LogP contribution is -1.92. The maximum atomic E-state index is 12.1. The molecule has 0 aliphatic rings. The third-order valence-electron chi connectivity index (χ3n) is 1.32. The van der Waals surface area contributed by atoms with E-state index in [4.69, 9.17) is 11.6 Å². The van der Waals surface area contributed by atoms with Gasteiger partial charge in [0, 0.05) is 6.20 Å². The van der Waals surface area contributed by atoms with Gasteiger partial charge in [0.05, 0.1) is 5.02 Å². The number of pyridine rings is 1. The van der Waals surface area contributed by atoms with Crippen molar-refractivity contribution in [2.75, 3.05) is 0 Å². The van der Waals surface area contributed by atoms with Gasteiger partial charge in [-0.05, 0) is 18.6 Å². The molecule has 0 saturated carbocycles. The summed E-state index contributed by atoms with van der Waals surface area (Å²) in [4.78, 5) is 3.46. The highest BCUT2D eigenvalue weighted by Gasteiger charge is 2.13. The van der Waals surface area contributed by atoms with Crippen LogP contribution in [0.3, 0.4) is 0 Å². The summed E-state index contributed by atoms with van der Waals surface area (Å²) in [6, 6.07) is 1.59. The minimum absolute atomic E-state index is 0.0579. The monoisotopic (exact) mass is 207 g/mol. The van der Waals surface area contributed by atoms with Crippen molar-refractivity contribution in [3.63, 3.8) is 0 Å². The van der Waals surface area contributed by atoms with Crippen molar-refractivity contribution in [3.8, 4) is 0 Å². The lowest BCUT2D eigenvalue weighted by atomic mass is 10.2. The second-order valence-electron chi connectivity index (χ2n) is 2.13. The van der Waals surface area contributed by atoms with E-state index in [1.165, 1.54) is 6.20 Å². The maximum absolute atomic E-state index is 12.1. The molecule has 0 aliphatic carbocycles. The summed E-state index contributed by atoms with van der Waals surface area (Å²) in [5.41, 5.74) is 0.281. The normalized spacial score (nSPS) is 9.46. The first-order valence-corrected chi connectivity index (χ1v) is 4.40. The van der Waals surface area contributed by atoms with Crippen LogP contribution in [0, 0.1) is 6.92 Å². The molecule has 0 bridgehead atoms. The quantitative estimate of drug-likeness (QED) is 0.678. The van der Waals surface area contributed by atoms with Gasteiger partial charge in [0.25, 0.3) is 6.43 Å². The molecule has 0 fully saturated rings. The fraction of sp³-hybridized carbons (Fsp3) is 0.444. The molecular weight excluding hydrogens is 196 g/mol. The predicted octanol–water partition coefficient (Wildman–Crippen LogP) is 4.01. The van der Waals surface area contributed by atoms with Gasteiger partial charge in [0.2, 0.25) is 0 Å². The zero-order valence-electron chi connectivity index (χ0n) is 7.81. The number of nitrogens with zero attached hydrogens (tertiary/aromatic N) is 1. The summed E-state index contributed by atoms with van der Waals surface area (Å²) in [6.45, 7) is 5.66. The largest absolute Gasteiger partial charge is 0.281 e. The Kier molecular flexibility index (Phi) is 5.55. The van der Waals surface area contributed by atoms with Crippen molar-refractivity contribution in [1.82, 2.24) is 4.98 Å². The average molecular weight is 208 g/mol. The molecule has 0 saturated heterocycles. The van der Waals surface area contributed by atoms with Crippen LogP contribution < -0.4 is 0 Å². The molecule has 1 rings (SSSR count). The summed E-state index contributed by atoms with van der Waals surface area (Å²) in [5.74, 6) is 0. The standard InChI is InChI=1S/C7H6ClF2N.C2H6/c1-4-2-3-11-6(5(4)8)7(9)10;1-2/h2-3,7H,1H3;1-2H3. The molecule has 0 aromatic carbocycles. The van der Waals surface area contributed by atoms with Crippen molar-refractivity contribution in [1.29, 1.82) is 0 Å². The van der Waals surface area contributed by atoms with Crippen LogP contribution in [0.4, 0.5) is 8.78 Å². The molecule has 0 atom stereocenters. The average Bonchev–Trinajstić information content (AvgIpc) is 2.13. The van der Waals surface area contributed by atoms with Crippen LogP contribution in [-0.4, -0.2) is 4.98 Å². The van der Waals surface area contributed by atoms with Crippen LogP contribution in [0.5, 0.6) is 0 Å². The minimum atomic E-state index is -2.60. The fourth-order valence-corrected chi connectivity index (χ4v) is 0.908. The van der Waals surface area contributed by atoms with Crippen molar-refractivity contribution < 1.29 is 8.78 Å². The van der Waals surface area contributed by atoms with Gasteiger partial charge in [-0.1, -0.05) is 25.4 Å². The van der Waals surface area contributed by atoms with Crippen LogP contribution in [0.2, 0.25) is 5.02 Å². The van der Waals surface area contributed by atoms with Gasteiger partial charge in [-0.25, -0.2) is 8.78 Å². The number of alkyl halides is 2. The Balaban J connectivity index is 0.000000671. The molecule has 1 heterocycles. The van der Waals surface area contributed by atoms with E-state index in [-0.39, 0.29) is 10.7 Å². The highest BCUT2D eigenvalue weighted by atomic mass is 35.5. The van der Waals surface area contributed by atoms with E-state index in [0.717, 1.165) is 0 Å². The number of aromatic nitrogens is 1. The van der Waals surface area contributed by atoms with E-state index in [1.807, 2.05) is 13.8 Å². The second kappa shape index (κ2) is 5.86. The van der Waals surface area contributed by atoms with Gasteiger partial charge in [-0.3, -0.25) is 4.98 Å². The van der Waals surface area contributed by atoms with Crippen LogP contribution in [-0.2, 0) is 0 Å². The van der Waals surface area contributed by atoms with E-state index in [2.05, 4.69) is 4.98 Å². The van der Waals surface area contributed by atoms with Gasteiger partial charge in [0.15, 0.2) is 0 Å². The van der Waals surface area contributed by atoms with Crippen LogP contribution in [0.15, 0.2) is 12.3 Å². The Morgan fingerprint density at radius 1 is 1.38 bits per heavy atom. The molecule has 1 nitrogen and oxygen atoms in total. The second-order valence-corrected chi connectivity index (χ2v) is 2.51. The molecule has 13 heavy (non-hydrogen) atoms. The molecule has 0 aliphatic heterocycles. The summed E-state index contributed by atoms with van der Waals surface area (Å²) in [5, 5.41) is 0.0579. The van der Waals surface area contributed by atoms with Crippen LogP contribution in [0.25, 0.3) is 0 Å². The molecule has 0 radical (unpaired) electrons. The molecule has 1 aromatic rings. The zero-order valence-corrected chi connectivity index (χ0v) is 8.57. The first kappa shape index (κ1) is 12.3. The van der Waals surface area contributed by atoms with Crippen molar-refractivity contribution in [2.45, 2.75) is 27.2 Å². The highest BCUT2D eigenvalue weighted by Crippen LogP contribution is 2.26. The van der Waals surface area contributed by atoms with Gasteiger partial charge in [-0.2, -0.15) is 0 Å². The number of halogens is 3. The lowest BCUT2D eigenvalue weighted by Gasteiger charge is -2.02. The van der Waals surface area contributed by atoms with Crippen molar-refractivity contribution in [3.05, 3.63) is 28.5 Å². The Labute approximate surface area is 81.8 Å². The zero-order chi connectivity index (χ0) is 10.4. The third kappa shape index (κ3) is 3.27. The summed E-state index contributed by atoms with van der Waals surface area (Å²) in [7, 11) is 0. The van der Waals surface area contributed by atoms with E-state index in [0.29, 0.717) is 5.56 Å². The highest BCUT2D eigenvalue weighted by molar-refractivity contribution is 6.31. The molecule has 74 valence electrons. The smallest absolute Gasteiger partial charge is 0.254 e. The number of aryl methyl sites for hydroxylation is 1. The fourth-order valence-electron chi connectivity index (χ4n) is 0.713. The summed E-state index contributed by atoms with van der Waals surface area (Å²) < 4.78 is 24.1.